The Hall–Kier alpha value is -6.38. The second-order valence-electron chi connectivity index (χ2n) is 14.9. The first-order chi connectivity index (χ1) is 26.5. The Morgan fingerprint density at radius 2 is 1.13 bits per heavy atom. The second-order valence-corrected chi connectivity index (χ2v) is 14.9. The van der Waals surface area contributed by atoms with Crippen molar-refractivity contribution in [3.05, 3.63) is 217 Å². The fraction of sp³-hybridized carbons (Fsp3) is 0.115. The lowest BCUT2D eigenvalue weighted by atomic mass is 9.73. The van der Waals surface area contributed by atoms with Crippen molar-refractivity contribution in [1.29, 1.82) is 0 Å². The van der Waals surface area contributed by atoms with E-state index in [-0.39, 0.29) is 17.5 Å². The Balaban J connectivity index is 1.18. The predicted octanol–water partition coefficient (Wildman–Crippen LogP) is 13.4. The minimum Gasteiger partial charge on any atom is -0.357 e. The lowest BCUT2D eigenvalue weighted by Crippen LogP contribution is -2.48. The third-order valence-corrected chi connectivity index (χ3v) is 11.6. The molecular weight excluding hydrogens is 653 g/mol. The first-order valence-corrected chi connectivity index (χ1v) is 19.0. The normalized spacial score (nSPS) is 21.0. The van der Waals surface area contributed by atoms with Gasteiger partial charge in [-0.1, -0.05) is 171 Å². The molecule has 1 aliphatic heterocycles. The number of rotatable bonds is 8. The molecule has 0 aromatic heterocycles. The summed E-state index contributed by atoms with van der Waals surface area (Å²) in [6.45, 7) is 8.74. The minimum absolute atomic E-state index is 0.173. The van der Waals surface area contributed by atoms with Gasteiger partial charge in [-0.05, 0) is 99.8 Å². The van der Waals surface area contributed by atoms with Gasteiger partial charge < -0.3 is 9.80 Å². The van der Waals surface area contributed by atoms with Crippen LogP contribution in [0.2, 0.25) is 0 Å². The van der Waals surface area contributed by atoms with Gasteiger partial charge in [-0.25, -0.2) is 0 Å². The van der Waals surface area contributed by atoms with Gasteiger partial charge in [-0.2, -0.15) is 0 Å². The van der Waals surface area contributed by atoms with Gasteiger partial charge in [0.1, 0.15) is 0 Å². The highest BCUT2D eigenvalue weighted by atomic mass is 15.2. The lowest BCUT2D eigenvalue weighted by molar-refractivity contribution is 0.468. The van der Waals surface area contributed by atoms with Crippen LogP contribution < -0.4 is 9.80 Å². The van der Waals surface area contributed by atoms with Gasteiger partial charge in [0, 0.05) is 28.2 Å². The van der Waals surface area contributed by atoms with Gasteiger partial charge in [0.2, 0.25) is 0 Å². The first kappa shape index (κ1) is 33.5. The highest BCUT2D eigenvalue weighted by molar-refractivity contribution is 5.86. The number of benzene rings is 6. The van der Waals surface area contributed by atoms with Crippen LogP contribution in [0.4, 0.5) is 22.7 Å². The van der Waals surface area contributed by atoms with E-state index in [1.54, 1.807) is 0 Å². The Morgan fingerprint density at radius 1 is 0.593 bits per heavy atom. The van der Waals surface area contributed by atoms with E-state index in [0.29, 0.717) is 5.92 Å². The minimum atomic E-state index is -0.263. The van der Waals surface area contributed by atoms with Crippen LogP contribution in [0, 0.1) is 5.92 Å². The molecule has 4 atom stereocenters. The summed E-state index contributed by atoms with van der Waals surface area (Å²) in [6, 6.07) is 55.5. The summed E-state index contributed by atoms with van der Waals surface area (Å²) in [4.78, 5) is 5.08. The molecule has 0 fully saturated rings. The molecule has 6 aromatic carbocycles. The lowest BCUT2D eigenvalue weighted by Gasteiger charge is -2.41. The Labute approximate surface area is 320 Å². The smallest absolute Gasteiger partial charge is 0.0612 e. The van der Waals surface area contributed by atoms with Crippen molar-refractivity contribution in [2.45, 2.75) is 31.3 Å². The standard InChI is InChI=1S/C52H44N2/c1-4-38-19-21-43(22-20-38)44-27-34-51-52(3,36-44)48-35-47(32-33-50(48)54(51)49-18-12-11-13-37(49)2)53(45-28-23-41(24-29-45)39-14-7-5-8-15-39)46-30-25-42(26-31-46)40-16-9-6-10-17-40/h4-37,49,51H,1H2,2-3H3. The Bertz CT molecular complexity index is 2330. The van der Waals surface area contributed by atoms with Crippen LogP contribution in [0.5, 0.6) is 0 Å². The number of allylic oxidation sites excluding steroid dienone is 4. The molecule has 6 aromatic rings. The predicted molar refractivity (Wildman–Crippen MR) is 230 cm³/mol. The van der Waals surface area contributed by atoms with Crippen LogP contribution in [0.25, 0.3) is 33.9 Å². The average Bonchev–Trinajstić information content (AvgIpc) is 3.49. The largest absolute Gasteiger partial charge is 0.357 e. The fourth-order valence-corrected chi connectivity index (χ4v) is 8.64. The van der Waals surface area contributed by atoms with Crippen molar-refractivity contribution in [1.82, 2.24) is 0 Å². The SMILES string of the molecule is C=Cc1ccc(C2=CC3(C)c4cc(N(c5ccc(-c6ccccc6)cc5)c5ccc(-c6ccccc6)cc5)ccc4N(C4C=CC=CC4C)C3C=C2)cc1. The molecule has 3 aliphatic rings. The molecule has 2 nitrogen and oxygen atoms in total. The number of hydrogen-bond acceptors (Lipinski definition) is 2. The molecular formula is C52H44N2. The molecule has 0 amide bonds. The molecule has 0 radical (unpaired) electrons. The number of hydrogen-bond donors (Lipinski definition) is 0. The van der Waals surface area contributed by atoms with Gasteiger partial charge in [-0.3, -0.25) is 0 Å². The van der Waals surface area contributed by atoms with E-state index >= 15 is 0 Å². The van der Waals surface area contributed by atoms with Gasteiger partial charge in [0.15, 0.2) is 0 Å². The van der Waals surface area contributed by atoms with E-state index in [1.165, 1.54) is 44.6 Å². The highest BCUT2D eigenvalue weighted by Gasteiger charge is 2.49. The quantitative estimate of drug-likeness (QED) is 0.156. The summed E-state index contributed by atoms with van der Waals surface area (Å²) in [5.74, 6) is 0.387. The van der Waals surface area contributed by atoms with E-state index in [0.717, 1.165) is 22.6 Å². The summed E-state index contributed by atoms with van der Waals surface area (Å²) in [5.41, 5.74) is 14.2. The van der Waals surface area contributed by atoms with Crippen LogP contribution in [0.1, 0.15) is 30.5 Å². The van der Waals surface area contributed by atoms with Crippen LogP contribution >= 0.6 is 0 Å². The van der Waals surface area contributed by atoms with Crippen molar-refractivity contribution < 1.29 is 0 Å². The van der Waals surface area contributed by atoms with Crippen LogP contribution in [0.15, 0.2) is 201 Å². The number of fused-ring (bicyclic) bond motifs is 3. The molecule has 4 unspecified atom stereocenters. The molecule has 2 aliphatic carbocycles. The van der Waals surface area contributed by atoms with Gasteiger partial charge in [0.05, 0.1) is 12.1 Å². The highest BCUT2D eigenvalue weighted by Crippen LogP contribution is 2.53. The average molecular weight is 697 g/mol. The molecule has 1 heterocycles. The van der Waals surface area contributed by atoms with Crippen molar-refractivity contribution in [2.24, 2.45) is 5.92 Å². The summed E-state index contributed by atoms with van der Waals surface area (Å²) >= 11 is 0. The summed E-state index contributed by atoms with van der Waals surface area (Å²) in [5, 5.41) is 0. The molecule has 262 valence electrons. The first-order valence-electron chi connectivity index (χ1n) is 19.0. The second kappa shape index (κ2) is 13.9. The maximum Gasteiger partial charge on any atom is 0.0612 e. The molecule has 54 heavy (non-hydrogen) atoms. The van der Waals surface area contributed by atoms with Crippen LogP contribution in [-0.2, 0) is 5.41 Å². The summed E-state index contributed by atoms with van der Waals surface area (Å²) < 4.78 is 0. The maximum absolute atomic E-state index is 3.97. The van der Waals surface area contributed by atoms with Crippen LogP contribution in [0.3, 0.4) is 0 Å². The van der Waals surface area contributed by atoms with Crippen molar-refractivity contribution >= 4 is 34.4 Å². The van der Waals surface area contributed by atoms with Gasteiger partial charge in [0.25, 0.3) is 0 Å². The van der Waals surface area contributed by atoms with E-state index in [2.05, 4.69) is 224 Å². The topological polar surface area (TPSA) is 6.48 Å². The van der Waals surface area contributed by atoms with Gasteiger partial charge in [-0.15, -0.1) is 0 Å². The van der Waals surface area contributed by atoms with E-state index < -0.39 is 0 Å². The third kappa shape index (κ3) is 5.94. The van der Waals surface area contributed by atoms with E-state index in [4.69, 9.17) is 0 Å². The molecule has 0 saturated heterocycles. The molecule has 2 heteroatoms. The van der Waals surface area contributed by atoms with Crippen molar-refractivity contribution in [3.8, 4) is 22.3 Å². The summed E-state index contributed by atoms with van der Waals surface area (Å²) in [6.07, 6.45) is 18.3. The molecule has 9 rings (SSSR count). The zero-order valence-corrected chi connectivity index (χ0v) is 30.9. The molecule has 0 N–H and O–H groups in total. The van der Waals surface area contributed by atoms with Crippen LogP contribution in [-0.4, -0.2) is 12.1 Å². The molecule has 0 spiro atoms. The Kier molecular flexibility index (Phi) is 8.60. The molecule has 0 bridgehead atoms. The number of anilines is 4. The zero-order chi connectivity index (χ0) is 36.6. The monoisotopic (exact) mass is 696 g/mol. The van der Waals surface area contributed by atoms with E-state index in [9.17, 15) is 0 Å². The maximum atomic E-state index is 3.97. The Morgan fingerprint density at radius 3 is 1.70 bits per heavy atom. The molecule has 0 saturated carbocycles. The van der Waals surface area contributed by atoms with Gasteiger partial charge >= 0.3 is 0 Å². The number of nitrogens with zero attached hydrogens (tertiary/aromatic N) is 2. The van der Waals surface area contributed by atoms with Crippen molar-refractivity contribution in [3.63, 3.8) is 0 Å². The third-order valence-electron chi connectivity index (χ3n) is 11.6. The fourth-order valence-electron chi connectivity index (χ4n) is 8.64. The van der Waals surface area contributed by atoms with Crippen molar-refractivity contribution in [2.75, 3.05) is 9.80 Å². The summed E-state index contributed by atoms with van der Waals surface area (Å²) in [7, 11) is 0. The van der Waals surface area contributed by atoms with E-state index in [1.807, 2.05) is 6.08 Å². The zero-order valence-electron chi connectivity index (χ0n) is 30.9.